The molecule has 6 rings (SSSR count). The van der Waals surface area contributed by atoms with Crippen molar-refractivity contribution in [1.29, 1.82) is 5.41 Å². The first-order valence-corrected chi connectivity index (χ1v) is 13.8. The van der Waals surface area contributed by atoms with Crippen molar-refractivity contribution in [1.82, 2.24) is 14.5 Å². The molecule has 200 valence electrons. The molecule has 3 heterocycles. The predicted molar refractivity (Wildman–Crippen MR) is 149 cm³/mol. The number of nitrogens with one attached hydrogen (secondary N) is 2. The minimum Gasteiger partial charge on any atom is -0.492 e. The summed E-state index contributed by atoms with van der Waals surface area (Å²) in [5, 5.41) is 22.7. The standard InChI is InChI=1S/C29H26ClFN4O3S/c30-19-3-10-25-24(17-19)23-11-12-35(29(36)38-22-8-4-20(31)5-9-22)27(26(23)33-25)18-1-6-21(7-2-18)37-15-13-34-14-16-39-28(34)32/h1-10,14,16-17,27,29,32-33,36H,11-13,15H2. The fourth-order valence-electron chi connectivity index (χ4n) is 5.07. The van der Waals surface area contributed by atoms with E-state index in [0.29, 0.717) is 41.7 Å². The van der Waals surface area contributed by atoms with Gasteiger partial charge in [0.1, 0.15) is 23.9 Å². The van der Waals surface area contributed by atoms with Crippen molar-refractivity contribution in [3.05, 3.63) is 111 Å². The average molecular weight is 565 g/mol. The van der Waals surface area contributed by atoms with Crippen LogP contribution in [0.3, 0.4) is 0 Å². The van der Waals surface area contributed by atoms with Crippen molar-refractivity contribution in [3.63, 3.8) is 0 Å². The Morgan fingerprint density at radius 1 is 1.10 bits per heavy atom. The van der Waals surface area contributed by atoms with Crippen LogP contribution in [0, 0.1) is 11.2 Å². The average Bonchev–Trinajstić information content (AvgIpc) is 3.52. The largest absolute Gasteiger partial charge is 0.492 e. The summed E-state index contributed by atoms with van der Waals surface area (Å²) in [5.41, 5.74) is 4.04. The van der Waals surface area contributed by atoms with Crippen molar-refractivity contribution in [3.8, 4) is 11.5 Å². The third kappa shape index (κ3) is 5.31. The molecule has 5 aromatic rings. The molecule has 3 aromatic carbocycles. The molecule has 0 saturated carbocycles. The van der Waals surface area contributed by atoms with Gasteiger partial charge >= 0.3 is 0 Å². The van der Waals surface area contributed by atoms with E-state index in [-0.39, 0.29) is 11.9 Å². The molecule has 0 amide bonds. The third-order valence-electron chi connectivity index (χ3n) is 6.94. The second-order valence-corrected chi connectivity index (χ2v) is 10.6. The molecule has 0 radical (unpaired) electrons. The Balaban J connectivity index is 1.29. The molecule has 3 N–H and O–H groups in total. The van der Waals surface area contributed by atoms with Gasteiger partial charge in [-0.15, -0.1) is 11.3 Å². The summed E-state index contributed by atoms with van der Waals surface area (Å²) in [6.45, 7) is 1.57. The van der Waals surface area contributed by atoms with E-state index in [0.717, 1.165) is 33.5 Å². The van der Waals surface area contributed by atoms with E-state index in [9.17, 15) is 9.50 Å². The number of aliphatic hydroxyl groups excluding tert-OH is 1. The number of halogens is 2. The summed E-state index contributed by atoms with van der Waals surface area (Å²) in [4.78, 5) is 5.92. The van der Waals surface area contributed by atoms with Crippen LogP contribution in [0.5, 0.6) is 11.5 Å². The topological polar surface area (TPSA) is 86.5 Å². The summed E-state index contributed by atoms with van der Waals surface area (Å²) in [6.07, 6.45) is 1.30. The van der Waals surface area contributed by atoms with Gasteiger partial charge < -0.3 is 24.1 Å². The Morgan fingerprint density at radius 2 is 1.87 bits per heavy atom. The quantitative estimate of drug-likeness (QED) is 0.212. The van der Waals surface area contributed by atoms with E-state index in [4.69, 9.17) is 26.5 Å². The number of H-pyrrole nitrogens is 1. The first kappa shape index (κ1) is 25.6. The highest BCUT2D eigenvalue weighted by Crippen LogP contribution is 2.40. The number of aliphatic hydroxyl groups is 1. The molecular formula is C29H26ClFN4O3S. The molecule has 2 unspecified atom stereocenters. The van der Waals surface area contributed by atoms with Crippen molar-refractivity contribution in [2.75, 3.05) is 13.2 Å². The van der Waals surface area contributed by atoms with Crippen LogP contribution < -0.4 is 14.3 Å². The Morgan fingerprint density at radius 3 is 2.62 bits per heavy atom. The Kier molecular flexibility index (Phi) is 7.14. The molecule has 10 heteroatoms. The zero-order chi connectivity index (χ0) is 26.9. The van der Waals surface area contributed by atoms with E-state index >= 15 is 0 Å². The molecule has 1 aliphatic rings. The number of aromatic amines is 1. The summed E-state index contributed by atoms with van der Waals surface area (Å²) in [7, 11) is 0. The van der Waals surface area contributed by atoms with Crippen LogP contribution in [0.25, 0.3) is 10.9 Å². The number of aromatic nitrogens is 2. The van der Waals surface area contributed by atoms with E-state index in [1.54, 1.807) is 0 Å². The van der Waals surface area contributed by atoms with E-state index in [2.05, 4.69) is 4.98 Å². The van der Waals surface area contributed by atoms with Crippen molar-refractivity contribution in [2.45, 2.75) is 25.4 Å². The maximum atomic E-state index is 13.4. The first-order valence-electron chi connectivity index (χ1n) is 12.5. The number of nitrogens with zero attached hydrogens (tertiary/aromatic N) is 2. The number of hydrogen-bond acceptors (Lipinski definition) is 6. The van der Waals surface area contributed by atoms with Gasteiger partial charge in [-0.25, -0.2) is 9.29 Å². The van der Waals surface area contributed by atoms with Gasteiger partial charge in [-0.3, -0.25) is 5.41 Å². The zero-order valence-corrected chi connectivity index (χ0v) is 22.4. The van der Waals surface area contributed by atoms with Gasteiger partial charge in [0.15, 0.2) is 4.80 Å². The number of rotatable bonds is 8. The highest BCUT2D eigenvalue weighted by molar-refractivity contribution is 7.06. The molecule has 39 heavy (non-hydrogen) atoms. The van der Waals surface area contributed by atoms with Gasteiger partial charge in [-0.1, -0.05) is 23.7 Å². The molecule has 0 bridgehead atoms. The second kappa shape index (κ2) is 10.9. The monoisotopic (exact) mass is 564 g/mol. The van der Waals surface area contributed by atoms with Gasteiger partial charge in [-0.2, -0.15) is 0 Å². The van der Waals surface area contributed by atoms with Crippen LogP contribution in [-0.2, 0) is 13.0 Å². The molecule has 0 spiro atoms. The lowest BCUT2D eigenvalue weighted by Crippen LogP contribution is -2.46. The number of fused-ring (bicyclic) bond motifs is 3. The highest BCUT2D eigenvalue weighted by Gasteiger charge is 2.36. The molecule has 2 aromatic heterocycles. The second-order valence-electron chi connectivity index (χ2n) is 9.31. The minimum absolute atomic E-state index is 0.336. The highest BCUT2D eigenvalue weighted by atomic mass is 35.5. The Hall–Kier alpha value is -3.63. The minimum atomic E-state index is -1.26. The van der Waals surface area contributed by atoms with Crippen LogP contribution in [-0.4, -0.2) is 39.1 Å². The maximum absolute atomic E-state index is 13.4. The van der Waals surface area contributed by atoms with Crippen LogP contribution in [0.15, 0.2) is 78.3 Å². The van der Waals surface area contributed by atoms with Crippen molar-refractivity contribution in [2.24, 2.45) is 0 Å². The molecule has 0 aliphatic carbocycles. The normalized spacial score (nSPS) is 16.2. The SMILES string of the molecule is N=c1sccn1CCOc1ccc(C2c3[nH]c4ccc(Cl)cc4c3CCN2C(O)Oc2ccc(F)cc2)cc1. The smallest absolute Gasteiger partial charge is 0.260 e. The van der Waals surface area contributed by atoms with Crippen LogP contribution in [0.2, 0.25) is 5.02 Å². The van der Waals surface area contributed by atoms with Gasteiger partial charge in [-0.05, 0) is 72.1 Å². The molecule has 7 nitrogen and oxygen atoms in total. The maximum Gasteiger partial charge on any atom is 0.260 e. The van der Waals surface area contributed by atoms with E-state index in [1.165, 1.54) is 35.6 Å². The molecule has 1 aliphatic heterocycles. The summed E-state index contributed by atoms with van der Waals surface area (Å²) >= 11 is 7.70. The Labute approximate surface area is 233 Å². The van der Waals surface area contributed by atoms with Crippen molar-refractivity contribution < 1.29 is 19.0 Å². The molecule has 0 saturated heterocycles. The summed E-state index contributed by atoms with van der Waals surface area (Å²) < 4.78 is 27.0. The number of thiazole rings is 1. The third-order valence-corrected chi connectivity index (χ3v) is 7.89. The van der Waals surface area contributed by atoms with Crippen LogP contribution in [0.1, 0.15) is 22.9 Å². The molecule has 0 fully saturated rings. The fourth-order valence-corrected chi connectivity index (χ4v) is 5.86. The van der Waals surface area contributed by atoms with Gasteiger partial charge in [0.2, 0.25) is 0 Å². The lowest BCUT2D eigenvalue weighted by atomic mass is 9.92. The number of benzene rings is 3. The van der Waals surface area contributed by atoms with E-state index in [1.807, 2.05) is 63.5 Å². The van der Waals surface area contributed by atoms with Gasteiger partial charge in [0.25, 0.3) is 6.41 Å². The van der Waals surface area contributed by atoms with Gasteiger partial charge in [0.05, 0.1) is 12.6 Å². The number of hydrogen-bond donors (Lipinski definition) is 3. The van der Waals surface area contributed by atoms with E-state index < -0.39 is 6.41 Å². The molecule has 2 atom stereocenters. The lowest BCUT2D eigenvalue weighted by molar-refractivity contribution is -0.150. The summed E-state index contributed by atoms with van der Waals surface area (Å²) in [6, 6.07) is 18.8. The fraction of sp³-hybridized carbons (Fsp3) is 0.207. The predicted octanol–water partition coefficient (Wildman–Crippen LogP) is 5.68. The zero-order valence-electron chi connectivity index (χ0n) is 20.8. The van der Waals surface area contributed by atoms with Crippen LogP contribution >= 0.6 is 22.9 Å². The first-order chi connectivity index (χ1) is 19.0. The van der Waals surface area contributed by atoms with Gasteiger partial charge in [0, 0.05) is 39.7 Å². The molecular weight excluding hydrogens is 539 g/mol. The van der Waals surface area contributed by atoms with Crippen molar-refractivity contribution >= 4 is 33.8 Å². The Bertz CT molecular complexity index is 1650. The lowest BCUT2D eigenvalue weighted by Gasteiger charge is -2.38. The number of ether oxygens (including phenoxy) is 2. The summed E-state index contributed by atoms with van der Waals surface area (Å²) in [5.74, 6) is 0.723. The van der Waals surface area contributed by atoms with Crippen LogP contribution in [0.4, 0.5) is 4.39 Å².